The van der Waals surface area contributed by atoms with Crippen LogP contribution in [-0.4, -0.2) is 218 Å². The first kappa shape index (κ1) is 110. The van der Waals surface area contributed by atoms with Gasteiger partial charge in [0.15, 0.2) is 0 Å². The highest BCUT2D eigenvalue weighted by molar-refractivity contribution is 4.88. The summed E-state index contributed by atoms with van der Waals surface area (Å²) >= 11 is 0. The van der Waals surface area contributed by atoms with Gasteiger partial charge in [0.05, 0.1) is 72.2 Å². The molecule has 0 aromatic rings. The van der Waals surface area contributed by atoms with Crippen LogP contribution in [0.1, 0.15) is 213 Å². The highest BCUT2D eigenvalue weighted by atomic mass is 16.3. The van der Waals surface area contributed by atoms with Crippen molar-refractivity contribution in [1.82, 2.24) is 0 Å². The second-order valence-electron chi connectivity index (χ2n) is 22.2. The maximum absolute atomic E-state index is 8.70. The monoisotopic (exact) mass is 1220 g/mol. The summed E-state index contributed by atoms with van der Waals surface area (Å²) in [6, 6.07) is -0.144. The Balaban J connectivity index is -0.0000000661. The fourth-order valence-corrected chi connectivity index (χ4v) is 4.28. The van der Waals surface area contributed by atoms with Crippen molar-refractivity contribution in [2.24, 2.45) is 80.8 Å². The Bertz CT molecular complexity index is 992. The van der Waals surface area contributed by atoms with E-state index in [9.17, 15) is 0 Å². The molecule has 522 valence electrons. The smallest absolute Gasteiger partial charge is 0.0634 e. The van der Waals surface area contributed by atoms with Gasteiger partial charge in [-0.3, -0.25) is 0 Å². The van der Waals surface area contributed by atoms with Gasteiger partial charge in [0.25, 0.3) is 0 Å². The van der Waals surface area contributed by atoms with E-state index in [1.807, 2.05) is 27.7 Å². The average Bonchev–Trinajstić information content (AvgIpc) is 3.93. The van der Waals surface area contributed by atoms with Crippen molar-refractivity contribution in [3.05, 3.63) is 0 Å². The first-order valence-corrected chi connectivity index (χ1v) is 30.9. The zero-order chi connectivity index (χ0) is 68.3. The summed E-state index contributed by atoms with van der Waals surface area (Å²) in [4.78, 5) is 0. The van der Waals surface area contributed by atoms with E-state index in [0.717, 1.165) is 89.9 Å². The molecule has 0 heterocycles. The van der Waals surface area contributed by atoms with Gasteiger partial charge in [0.2, 0.25) is 0 Å². The first-order valence-electron chi connectivity index (χ1n) is 30.9. The molecule has 0 bridgehead atoms. The van der Waals surface area contributed by atoms with Gasteiger partial charge in [-0.25, -0.2) is 0 Å². The SMILES string of the molecule is CC(C)(N)CO.CC(C)C(N)CO.CC(C)CC(N)CO.CC(N)CO.CC(O)CN.CCC(C)C(N)CO.CCC(N)CO.CCCC(N)CO.CCCCC(N)CO.CCCCCO.CCCCO.NC1(CO)CCCC1.NCCO. The van der Waals surface area contributed by atoms with E-state index in [0.29, 0.717) is 44.1 Å². The molecule has 1 rings (SSSR count). The third-order valence-electron chi connectivity index (χ3n) is 10.8. The summed E-state index contributed by atoms with van der Waals surface area (Å²) in [5.41, 5.74) is 57.4. The fourth-order valence-electron chi connectivity index (χ4n) is 4.28. The molecule has 0 aromatic carbocycles. The Morgan fingerprint density at radius 1 is 0.470 bits per heavy atom. The maximum atomic E-state index is 8.70. The normalized spacial score (nSPS) is 14.7. The number of aliphatic hydroxyl groups excluding tert-OH is 13. The molecule has 0 aromatic heterocycles. The van der Waals surface area contributed by atoms with Crippen LogP contribution in [0.3, 0.4) is 0 Å². The van der Waals surface area contributed by atoms with Crippen molar-refractivity contribution >= 4 is 0 Å². The van der Waals surface area contributed by atoms with Crippen molar-refractivity contribution < 1.29 is 66.4 Å². The second-order valence-corrected chi connectivity index (χ2v) is 22.2. The Morgan fingerprint density at radius 2 is 0.831 bits per heavy atom. The number of aliphatic hydroxyl groups is 13. The quantitative estimate of drug-likeness (QED) is 0.0498. The van der Waals surface area contributed by atoms with Crippen LogP contribution in [0.5, 0.6) is 0 Å². The van der Waals surface area contributed by atoms with Crippen LogP contribution < -0.4 is 63.1 Å². The summed E-state index contributed by atoms with van der Waals surface area (Å²) in [6.07, 6.45) is 17.5. The second kappa shape index (κ2) is 92.2. The molecule has 24 heteroatoms. The molecule has 0 saturated heterocycles. The summed E-state index contributed by atoms with van der Waals surface area (Å²) in [6.45, 7) is 32.0. The molecule has 0 radical (unpaired) electrons. The summed E-state index contributed by atoms with van der Waals surface area (Å²) < 4.78 is 0. The Kier molecular flexibility index (Phi) is 122. The Hall–Kier alpha value is -0.960. The summed E-state index contributed by atoms with van der Waals surface area (Å²) in [5, 5.41) is 108. The molecule has 35 N–H and O–H groups in total. The van der Waals surface area contributed by atoms with Gasteiger partial charge in [-0.1, -0.05) is 134 Å². The van der Waals surface area contributed by atoms with Crippen LogP contribution in [0.25, 0.3) is 0 Å². The van der Waals surface area contributed by atoms with E-state index in [4.69, 9.17) is 129 Å². The third-order valence-corrected chi connectivity index (χ3v) is 10.8. The van der Waals surface area contributed by atoms with E-state index in [-0.39, 0.29) is 120 Å². The minimum absolute atomic E-state index is 0.00463. The number of hydrogen-bond donors (Lipinski definition) is 24. The van der Waals surface area contributed by atoms with Gasteiger partial charge in [0.1, 0.15) is 0 Å². The zero-order valence-electron chi connectivity index (χ0n) is 56.4. The molecule has 0 spiro atoms. The topological polar surface area (TPSA) is 549 Å². The lowest BCUT2D eigenvalue weighted by atomic mass is 10.0. The molecule has 0 aliphatic heterocycles. The standard InChI is InChI=1S/C6H13NO.3C6H15NO.2C5H13NO.C5H12O.2C4H11NO.C4H10O.2C3H9NO.C2H7NO/c7-6(5-8)3-1-2-4-6;1-5(2)3-6(7)4-8;1-3-5(2)6(7)4-8;1-2-3-4-6(7)5-8;1-4(2)5(6)3-7;1-2-3-5(6)4-7;1-2-3-4-5-6;1-4(2,5)3-6;1-2-4(5)3-6;1-2-3-4-5;1-3(4)2-5;1-3(5)2-4;3-1-2-4/h8H,1-5,7H2;2*5-6,8H,3-4,7H2,1-2H3;6,8H,2-5,7H2,1H3;4-5,7H,3,6H2,1-2H3;5,7H,2-4,6H2,1H3;6H,2-5H2,1H3;6H,3,5H2,1-2H3;4,6H,2-3,5H2,1H3;5H,2-4H2,1H3;2*3,5H,2,4H2,1H3;4H,1-3H2. The molecule has 1 aliphatic rings. The Labute approximate surface area is 510 Å². The van der Waals surface area contributed by atoms with E-state index >= 15 is 0 Å². The van der Waals surface area contributed by atoms with Crippen LogP contribution in [-0.2, 0) is 0 Å². The lowest BCUT2D eigenvalue weighted by Gasteiger charge is -2.18. The molecule has 0 amide bonds. The van der Waals surface area contributed by atoms with Gasteiger partial charge < -0.3 is 129 Å². The fraction of sp³-hybridized carbons (Fsp3) is 1.00. The molecular weight excluding hydrogens is 1070 g/mol. The predicted molar refractivity (Wildman–Crippen MR) is 353 cm³/mol. The molecular formula is C59H153N11O13. The van der Waals surface area contributed by atoms with Gasteiger partial charge in [-0.05, 0) is 96.8 Å². The van der Waals surface area contributed by atoms with Gasteiger partial charge in [-0.15, -0.1) is 0 Å². The van der Waals surface area contributed by atoms with Crippen LogP contribution in [0.15, 0.2) is 0 Å². The van der Waals surface area contributed by atoms with E-state index in [2.05, 4.69) is 48.5 Å². The lowest BCUT2D eigenvalue weighted by molar-refractivity contribution is 0.199. The van der Waals surface area contributed by atoms with Crippen molar-refractivity contribution in [2.45, 2.75) is 272 Å². The molecule has 9 unspecified atom stereocenters. The van der Waals surface area contributed by atoms with E-state index in [1.54, 1.807) is 27.7 Å². The Morgan fingerprint density at radius 3 is 0.940 bits per heavy atom. The number of unbranched alkanes of at least 4 members (excludes halogenated alkanes) is 4. The average molecular weight is 1220 g/mol. The van der Waals surface area contributed by atoms with Crippen molar-refractivity contribution in [1.29, 1.82) is 0 Å². The highest BCUT2D eigenvalue weighted by Gasteiger charge is 2.27. The minimum Gasteiger partial charge on any atom is -0.396 e. The van der Waals surface area contributed by atoms with Crippen LogP contribution in [0.2, 0.25) is 0 Å². The molecule has 1 saturated carbocycles. The van der Waals surface area contributed by atoms with Crippen molar-refractivity contribution in [3.8, 4) is 0 Å². The lowest BCUT2D eigenvalue weighted by Crippen LogP contribution is -2.40. The van der Waals surface area contributed by atoms with Gasteiger partial charge >= 0.3 is 0 Å². The molecule has 9 atom stereocenters. The minimum atomic E-state index is -0.403. The first-order chi connectivity index (χ1) is 38.6. The van der Waals surface area contributed by atoms with Gasteiger partial charge in [-0.2, -0.15) is 0 Å². The summed E-state index contributed by atoms with van der Waals surface area (Å²) in [7, 11) is 0. The van der Waals surface area contributed by atoms with Crippen LogP contribution in [0, 0.1) is 17.8 Å². The van der Waals surface area contributed by atoms with Gasteiger partial charge in [0, 0.05) is 79.7 Å². The zero-order valence-corrected chi connectivity index (χ0v) is 56.4. The third kappa shape index (κ3) is 145. The number of hydrogen-bond acceptors (Lipinski definition) is 24. The number of rotatable bonds is 27. The molecule has 1 fully saturated rings. The van der Waals surface area contributed by atoms with Crippen LogP contribution in [0.4, 0.5) is 0 Å². The van der Waals surface area contributed by atoms with E-state index < -0.39 is 5.54 Å². The van der Waals surface area contributed by atoms with Crippen molar-refractivity contribution in [3.63, 3.8) is 0 Å². The van der Waals surface area contributed by atoms with E-state index in [1.165, 1.54) is 19.3 Å². The molecule has 83 heavy (non-hydrogen) atoms. The van der Waals surface area contributed by atoms with Crippen molar-refractivity contribution in [2.75, 3.05) is 92.4 Å². The molecule has 24 nitrogen and oxygen atoms in total. The largest absolute Gasteiger partial charge is 0.396 e. The molecule has 1 aliphatic carbocycles. The maximum Gasteiger partial charge on any atom is 0.0634 e. The summed E-state index contributed by atoms with van der Waals surface area (Å²) in [5.74, 6) is 1.43. The highest BCUT2D eigenvalue weighted by Crippen LogP contribution is 2.26. The number of nitrogens with two attached hydrogens (primary N) is 11. The predicted octanol–water partition coefficient (Wildman–Crippen LogP) is 0.488. The van der Waals surface area contributed by atoms with Crippen LogP contribution >= 0.6 is 0 Å².